The van der Waals surface area contributed by atoms with Gasteiger partial charge in [0.05, 0.1) is 18.4 Å². The predicted molar refractivity (Wildman–Crippen MR) is 97.2 cm³/mol. The van der Waals surface area contributed by atoms with Gasteiger partial charge in [-0.1, -0.05) is 6.42 Å². The summed E-state index contributed by atoms with van der Waals surface area (Å²) in [6.07, 6.45) is 2.53. The smallest absolute Gasteiger partial charge is 0.363 e. The molecule has 0 aliphatic carbocycles. The van der Waals surface area contributed by atoms with Crippen molar-refractivity contribution in [3.63, 3.8) is 0 Å². The van der Waals surface area contributed by atoms with Crippen LogP contribution in [0.25, 0.3) is 0 Å². The number of nitrogens with one attached hydrogen (secondary N) is 1. The zero-order chi connectivity index (χ0) is 19.4. The van der Waals surface area contributed by atoms with E-state index in [0.717, 1.165) is 32.2 Å². The molecule has 10 heteroatoms. The normalized spacial score (nSPS) is 15.7. The maximum absolute atomic E-state index is 13.1. The molecule has 0 bridgehead atoms. The van der Waals surface area contributed by atoms with Crippen molar-refractivity contribution in [3.8, 4) is 0 Å². The van der Waals surface area contributed by atoms with Crippen LogP contribution in [0.3, 0.4) is 0 Å². The molecule has 3 heterocycles. The first-order valence-electron chi connectivity index (χ1n) is 8.97. The molecule has 3 rings (SSSR count). The lowest BCUT2D eigenvalue weighted by Gasteiger charge is -2.26. The van der Waals surface area contributed by atoms with Gasteiger partial charge in [0.25, 0.3) is 0 Å². The summed E-state index contributed by atoms with van der Waals surface area (Å²) in [6.45, 7) is 3.86. The molecular formula is C17H24F3N7. The Bertz CT molecular complexity index is 751. The van der Waals surface area contributed by atoms with Crippen LogP contribution in [0.2, 0.25) is 0 Å². The average molecular weight is 383 g/mol. The summed E-state index contributed by atoms with van der Waals surface area (Å²) in [4.78, 5) is 11.6. The van der Waals surface area contributed by atoms with Gasteiger partial charge in [-0.3, -0.25) is 4.68 Å². The molecule has 1 N–H and O–H groups in total. The summed E-state index contributed by atoms with van der Waals surface area (Å²) in [6, 6.07) is 0.924. The highest BCUT2D eigenvalue weighted by atomic mass is 19.4. The highest BCUT2D eigenvalue weighted by Crippen LogP contribution is 2.30. The van der Waals surface area contributed by atoms with Gasteiger partial charge >= 0.3 is 6.18 Å². The van der Waals surface area contributed by atoms with Crippen molar-refractivity contribution in [2.75, 3.05) is 43.9 Å². The molecule has 0 saturated carbocycles. The van der Waals surface area contributed by atoms with Crippen molar-refractivity contribution in [2.45, 2.75) is 32.0 Å². The second-order valence-corrected chi connectivity index (χ2v) is 6.85. The highest BCUT2D eigenvalue weighted by molar-refractivity contribution is 5.53. The third-order valence-corrected chi connectivity index (χ3v) is 4.44. The Morgan fingerprint density at radius 1 is 1.11 bits per heavy atom. The van der Waals surface area contributed by atoms with Crippen LogP contribution in [0.5, 0.6) is 0 Å². The topological polar surface area (TPSA) is 62.1 Å². The molecular weight excluding hydrogens is 359 g/mol. The first-order chi connectivity index (χ1) is 12.8. The lowest BCUT2D eigenvalue weighted by molar-refractivity contribution is -0.141. The molecule has 7 nitrogen and oxygen atoms in total. The second kappa shape index (κ2) is 8.12. The van der Waals surface area contributed by atoms with Crippen molar-refractivity contribution in [1.82, 2.24) is 24.6 Å². The van der Waals surface area contributed by atoms with Gasteiger partial charge in [-0.15, -0.1) is 0 Å². The Balaban J connectivity index is 1.68. The largest absolute Gasteiger partial charge is 0.433 e. The van der Waals surface area contributed by atoms with Crippen LogP contribution in [-0.2, 0) is 12.7 Å². The van der Waals surface area contributed by atoms with Gasteiger partial charge in [0.2, 0.25) is 5.95 Å². The number of nitrogens with zero attached hydrogens (tertiary/aromatic N) is 6. The number of piperidine rings is 1. The third kappa shape index (κ3) is 5.31. The molecule has 0 unspecified atom stereocenters. The Hall–Kier alpha value is -2.36. The predicted octanol–water partition coefficient (Wildman–Crippen LogP) is 2.99. The molecule has 2 aromatic heterocycles. The summed E-state index contributed by atoms with van der Waals surface area (Å²) in [5.74, 6) is 0.0708. The molecule has 27 heavy (non-hydrogen) atoms. The van der Waals surface area contributed by atoms with E-state index in [9.17, 15) is 13.2 Å². The lowest BCUT2D eigenvalue weighted by atomic mass is 10.1. The SMILES string of the molecule is CN(C)c1cc(C(F)(F)F)nc(Nc2cnn(CCN3CCCCC3)c2)n1. The quantitative estimate of drug-likeness (QED) is 0.828. The molecule has 0 amide bonds. The van der Waals surface area contributed by atoms with Crippen LogP contribution >= 0.6 is 0 Å². The Morgan fingerprint density at radius 2 is 1.85 bits per heavy atom. The van der Waals surface area contributed by atoms with Gasteiger partial charge in [0.1, 0.15) is 5.82 Å². The number of alkyl halides is 3. The van der Waals surface area contributed by atoms with Crippen LogP contribution in [-0.4, -0.2) is 58.4 Å². The van der Waals surface area contributed by atoms with E-state index in [4.69, 9.17) is 0 Å². The van der Waals surface area contributed by atoms with Crippen molar-refractivity contribution in [2.24, 2.45) is 0 Å². The van der Waals surface area contributed by atoms with Gasteiger partial charge < -0.3 is 15.1 Å². The van der Waals surface area contributed by atoms with Crippen molar-refractivity contribution >= 4 is 17.5 Å². The van der Waals surface area contributed by atoms with Crippen LogP contribution in [0.1, 0.15) is 25.0 Å². The molecule has 1 saturated heterocycles. The first-order valence-corrected chi connectivity index (χ1v) is 8.97. The van der Waals surface area contributed by atoms with Gasteiger partial charge in [0, 0.05) is 32.9 Å². The fourth-order valence-corrected chi connectivity index (χ4v) is 2.97. The first kappa shape index (κ1) is 19.4. The van der Waals surface area contributed by atoms with E-state index < -0.39 is 11.9 Å². The van der Waals surface area contributed by atoms with E-state index in [2.05, 4.69) is 25.3 Å². The Morgan fingerprint density at radius 3 is 2.52 bits per heavy atom. The number of hydrogen-bond donors (Lipinski definition) is 1. The zero-order valence-corrected chi connectivity index (χ0v) is 15.5. The summed E-state index contributed by atoms with van der Waals surface area (Å²) in [7, 11) is 3.26. The van der Waals surface area contributed by atoms with Gasteiger partial charge in [-0.25, -0.2) is 4.98 Å². The monoisotopic (exact) mass is 383 g/mol. The molecule has 1 fully saturated rings. The van der Waals surface area contributed by atoms with Crippen molar-refractivity contribution < 1.29 is 13.2 Å². The van der Waals surface area contributed by atoms with Crippen LogP contribution in [0.15, 0.2) is 18.5 Å². The van der Waals surface area contributed by atoms with Crippen LogP contribution in [0, 0.1) is 0 Å². The summed E-state index contributed by atoms with van der Waals surface area (Å²) in [5, 5.41) is 7.09. The van der Waals surface area contributed by atoms with Crippen LogP contribution in [0.4, 0.5) is 30.6 Å². The van der Waals surface area contributed by atoms with Crippen LogP contribution < -0.4 is 10.2 Å². The number of anilines is 3. The van der Waals surface area contributed by atoms with E-state index in [-0.39, 0.29) is 11.8 Å². The minimum Gasteiger partial charge on any atom is -0.363 e. The molecule has 148 valence electrons. The molecule has 1 aliphatic rings. The molecule has 0 atom stereocenters. The standard InChI is InChI=1S/C17H24F3N7/c1-25(2)15-10-14(17(18,19)20)23-16(24-15)22-13-11-21-27(12-13)9-8-26-6-4-3-5-7-26/h10-12H,3-9H2,1-2H3,(H,22,23,24). The lowest BCUT2D eigenvalue weighted by Crippen LogP contribution is -2.32. The fourth-order valence-electron chi connectivity index (χ4n) is 2.97. The van der Waals surface area contributed by atoms with Gasteiger partial charge in [-0.05, 0) is 25.9 Å². The number of hydrogen-bond acceptors (Lipinski definition) is 6. The summed E-state index contributed by atoms with van der Waals surface area (Å²) in [5.41, 5.74) is -0.432. The second-order valence-electron chi connectivity index (χ2n) is 6.85. The third-order valence-electron chi connectivity index (χ3n) is 4.44. The zero-order valence-electron chi connectivity index (χ0n) is 15.5. The molecule has 2 aromatic rings. The number of halogens is 3. The fraction of sp³-hybridized carbons (Fsp3) is 0.588. The molecule has 1 aliphatic heterocycles. The number of likely N-dealkylation sites (tertiary alicyclic amines) is 1. The Kier molecular flexibility index (Phi) is 5.83. The minimum atomic E-state index is -4.54. The summed E-state index contributed by atoms with van der Waals surface area (Å²) >= 11 is 0. The van der Waals surface area contributed by atoms with E-state index in [1.54, 1.807) is 31.2 Å². The maximum atomic E-state index is 13.1. The number of aromatic nitrogens is 4. The highest BCUT2D eigenvalue weighted by Gasteiger charge is 2.34. The van der Waals surface area contributed by atoms with Gasteiger partial charge in [-0.2, -0.15) is 23.3 Å². The van der Waals surface area contributed by atoms with Gasteiger partial charge in [0.15, 0.2) is 5.69 Å². The molecule has 0 aromatic carbocycles. The minimum absolute atomic E-state index is 0.107. The van der Waals surface area contributed by atoms with E-state index >= 15 is 0 Å². The number of rotatable bonds is 6. The summed E-state index contributed by atoms with van der Waals surface area (Å²) < 4.78 is 41.0. The van der Waals surface area contributed by atoms with Crippen molar-refractivity contribution in [3.05, 3.63) is 24.2 Å². The average Bonchev–Trinajstić information content (AvgIpc) is 3.07. The maximum Gasteiger partial charge on any atom is 0.433 e. The Labute approximate surface area is 156 Å². The van der Waals surface area contributed by atoms with E-state index in [1.807, 2.05) is 0 Å². The van der Waals surface area contributed by atoms with Crippen molar-refractivity contribution in [1.29, 1.82) is 0 Å². The van der Waals surface area contributed by atoms with E-state index in [0.29, 0.717) is 5.69 Å². The molecule has 0 radical (unpaired) electrons. The van der Waals surface area contributed by atoms with E-state index in [1.165, 1.54) is 24.2 Å². The molecule has 0 spiro atoms.